The van der Waals surface area contributed by atoms with Crippen molar-refractivity contribution >= 4 is 28.9 Å². The molecule has 0 saturated carbocycles. The van der Waals surface area contributed by atoms with Crippen molar-refractivity contribution in [2.45, 2.75) is 12.8 Å². The van der Waals surface area contributed by atoms with Crippen LogP contribution in [-0.4, -0.2) is 38.7 Å². The number of nitrogens with one attached hydrogen (secondary N) is 3. The van der Waals surface area contributed by atoms with E-state index in [0.29, 0.717) is 43.2 Å². The molecule has 3 aromatic carbocycles. The van der Waals surface area contributed by atoms with E-state index in [1.54, 1.807) is 31.4 Å². The predicted octanol–water partition coefficient (Wildman–Crippen LogP) is 4.33. The lowest BCUT2D eigenvalue weighted by Crippen LogP contribution is -2.22. The third kappa shape index (κ3) is 8.66. The Morgan fingerprint density at radius 1 is 0.758 bits per heavy atom. The summed E-state index contributed by atoms with van der Waals surface area (Å²) >= 11 is 0. The van der Waals surface area contributed by atoms with Gasteiger partial charge < -0.3 is 25.4 Å². The molecule has 0 spiro atoms. The summed E-state index contributed by atoms with van der Waals surface area (Å²) in [7, 11) is 1.62. The lowest BCUT2D eigenvalue weighted by atomic mass is 10.1. The maximum Gasteiger partial charge on any atom is 0.243 e. The molecule has 3 N–H and O–H groups in total. The molecule has 0 saturated heterocycles. The Kier molecular flexibility index (Phi) is 9.29. The van der Waals surface area contributed by atoms with Crippen LogP contribution in [-0.2, 0) is 20.7 Å². The van der Waals surface area contributed by atoms with E-state index >= 15 is 0 Å². The van der Waals surface area contributed by atoms with Crippen molar-refractivity contribution in [1.29, 1.82) is 0 Å². The summed E-state index contributed by atoms with van der Waals surface area (Å²) in [6.45, 7) is 1.06. The molecule has 0 atom stereocenters. The van der Waals surface area contributed by atoms with E-state index in [2.05, 4.69) is 16.0 Å². The number of rotatable bonds is 12. The van der Waals surface area contributed by atoms with E-state index in [-0.39, 0.29) is 18.4 Å². The standard InChI is InChI=1S/C26H29N3O4/c1-32-15-16-33-24-12-6-9-21(18-24)27-19-26(31)29-23-11-5-10-22(17-23)28-25(30)14-13-20-7-3-2-4-8-20/h2-12,17-18,27H,13-16,19H2,1H3,(H,28,30)(H,29,31). The molecule has 3 aromatic rings. The highest BCUT2D eigenvalue weighted by atomic mass is 16.5. The number of carbonyl (C=O) groups is 2. The minimum Gasteiger partial charge on any atom is -0.491 e. The van der Waals surface area contributed by atoms with Gasteiger partial charge in [-0.05, 0) is 42.3 Å². The zero-order valence-corrected chi connectivity index (χ0v) is 18.7. The summed E-state index contributed by atoms with van der Waals surface area (Å²) in [6.07, 6.45) is 1.06. The Balaban J connectivity index is 1.45. The number of carbonyl (C=O) groups excluding carboxylic acids is 2. The fourth-order valence-corrected chi connectivity index (χ4v) is 3.13. The first-order chi connectivity index (χ1) is 16.1. The van der Waals surface area contributed by atoms with Crippen molar-refractivity contribution in [3.05, 3.63) is 84.4 Å². The highest BCUT2D eigenvalue weighted by Crippen LogP contribution is 2.18. The van der Waals surface area contributed by atoms with E-state index in [9.17, 15) is 9.59 Å². The lowest BCUT2D eigenvalue weighted by Gasteiger charge is -2.11. The number of methoxy groups -OCH3 is 1. The molecule has 0 aliphatic heterocycles. The normalized spacial score (nSPS) is 10.3. The van der Waals surface area contributed by atoms with Gasteiger partial charge in [0.15, 0.2) is 0 Å². The van der Waals surface area contributed by atoms with Gasteiger partial charge in [-0.25, -0.2) is 0 Å². The molecule has 0 unspecified atom stereocenters. The van der Waals surface area contributed by atoms with Gasteiger partial charge in [-0.2, -0.15) is 0 Å². The van der Waals surface area contributed by atoms with Gasteiger partial charge in [-0.3, -0.25) is 9.59 Å². The Morgan fingerprint density at radius 2 is 1.45 bits per heavy atom. The fourth-order valence-electron chi connectivity index (χ4n) is 3.13. The van der Waals surface area contributed by atoms with E-state index < -0.39 is 0 Å². The topological polar surface area (TPSA) is 88.7 Å². The van der Waals surface area contributed by atoms with Gasteiger partial charge in [0.25, 0.3) is 0 Å². The van der Waals surface area contributed by atoms with Crippen LogP contribution < -0.4 is 20.7 Å². The average Bonchev–Trinajstić information content (AvgIpc) is 2.83. The second-order valence-electron chi connectivity index (χ2n) is 7.39. The SMILES string of the molecule is COCCOc1cccc(NCC(=O)Nc2cccc(NC(=O)CCc3ccccc3)c2)c1. The molecule has 0 bridgehead atoms. The highest BCUT2D eigenvalue weighted by molar-refractivity contribution is 5.95. The molecule has 7 heteroatoms. The fraction of sp³-hybridized carbons (Fsp3) is 0.231. The highest BCUT2D eigenvalue weighted by Gasteiger charge is 2.07. The number of aryl methyl sites for hydroxylation is 1. The van der Waals surface area contributed by atoms with Crippen LogP contribution in [0.25, 0.3) is 0 Å². The Morgan fingerprint density at radius 3 is 2.21 bits per heavy atom. The predicted molar refractivity (Wildman–Crippen MR) is 131 cm³/mol. The van der Waals surface area contributed by atoms with E-state index in [0.717, 1.165) is 11.3 Å². The Labute approximate surface area is 194 Å². The maximum absolute atomic E-state index is 12.4. The van der Waals surface area contributed by atoms with Gasteiger partial charge in [0.05, 0.1) is 13.2 Å². The molecule has 0 fully saturated rings. The molecule has 0 radical (unpaired) electrons. The monoisotopic (exact) mass is 447 g/mol. The van der Waals surface area contributed by atoms with Gasteiger partial charge in [0.1, 0.15) is 12.4 Å². The summed E-state index contributed by atoms with van der Waals surface area (Å²) in [4.78, 5) is 24.6. The van der Waals surface area contributed by atoms with E-state index in [4.69, 9.17) is 9.47 Å². The first-order valence-corrected chi connectivity index (χ1v) is 10.8. The average molecular weight is 448 g/mol. The first-order valence-electron chi connectivity index (χ1n) is 10.8. The number of hydrogen-bond acceptors (Lipinski definition) is 5. The molecule has 0 aromatic heterocycles. The number of anilines is 3. The summed E-state index contributed by atoms with van der Waals surface area (Å²) in [6, 6.07) is 24.4. The van der Waals surface area contributed by atoms with Crippen LogP contribution in [0.5, 0.6) is 5.75 Å². The van der Waals surface area contributed by atoms with Crippen LogP contribution in [0.15, 0.2) is 78.9 Å². The quantitative estimate of drug-likeness (QED) is 0.360. The number of amides is 2. The summed E-state index contributed by atoms with van der Waals surface area (Å²) < 4.78 is 10.5. The minimum atomic E-state index is -0.201. The largest absolute Gasteiger partial charge is 0.491 e. The molecule has 7 nitrogen and oxygen atoms in total. The molecule has 0 aliphatic rings. The number of benzene rings is 3. The zero-order valence-electron chi connectivity index (χ0n) is 18.7. The Hall–Kier alpha value is -3.84. The van der Waals surface area contributed by atoms with Crippen LogP contribution in [0.3, 0.4) is 0 Å². The molecule has 0 heterocycles. The van der Waals surface area contributed by atoms with E-state index in [1.807, 2.05) is 54.6 Å². The minimum absolute atomic E-state index is 0.0726. The molecular formula is C26H29N3O4. The lowest BCUT2D eigenvalue weighted by molar-refractivity contribution is -0.116. The zero-order chi connectivity index (χ0) is 23.3. The molecule has 0 aliphatic carbocycles. The van der Waals surface area contributed by atoms with Gasteiger partial charge in [-0.1, -0.05) is 42.5 Å². The first kappa shape index (κ1) is 23.8. The van der Waals surface area contributed by atoms with Crippen molar-refractivity contribution in [3.63, 3.8) is 0 Å². The van der Waals surface area contributed by atoms with Gasteiger partial charge in [0.2, 0.25) is 11.8 Å². The third-order valence-corrected chi connectivity index (χ3v) is 4.76. The van der Waals surface area contributed by atoms with Crippen molar-refractivity contribution < 1.29 is 19.1 Å². The summed E-state index contributed by atoms with van der Waals surface area (Å²) in [5.41, 5.74) is 3.15. The van der Waals surface area contributed by atoms with Crippen LogP contribution >= 0.6 is 0 Å². The summed E-state index contributed by atoms with van der Waals surface area (Å²) in [5.74, 6) is 0.429. The van der Waals surface area contributed by atoms with Crippen molar-refractivity contribution in [3.8, 4) is 5.75 Å². The van der Waals surface area contributed by atoms with Crippen molar-refractivity contribution in [2.75, 3.05) is 42.8 Å². The number of ether oxygens (including phenoxy) is 2. The van der Waals surface area contributed by atoms with Crippen LogP contribution in [0.4, 0.5) is 17.1 Å². The van der Waals surface area contributed by atoms with Gasteiger partial charge >= 0.3 is 0 Å². The van der Waals surface area contributed by atoms with Crippen LogP contribution in [0.1, 0.15) is 12.0 Å². The van der Waals surface area contributed by atoms with E-state index in [1.165, 1.54) is 0 Å². The Bertz CT molecular complexity index is 1040. The molecular weight excluding hydrogens is 418 g/mol. The second-order valence-corrected chi connectivity index (χ2v) is 7.39. The number of hydrogen-bond donors (Lipinski definition) is 3. The van der Waals surface area contributed by atoms with Crippen molar-refractivity contribution in [1.82, 2.24) is 0 Å². The third-order valence-electron chi connectivity index (χ3n) is 4.76. The smallest absolute Gasteiger partial charge is 0.243 e. The van der Waals surface area contributed by atoms with Crippen LogP contribution in [0, 0.1) is 0 Å². The van der Waals surface area contributed by atoms with Crippen LogP contribution in [0.2, 0.25) is 0 Å². The van der Waals surface area contributed by atoms with Crippen molar-refractivity contribution in [2.24, 2.45) is 0 Å². The molecule has 33 heavy (non-hydrogen) atoms. The summed E-state index contributed by atoms with van der Waals surface area (Å²) in [5, 5.41) is 8.80. The maximum atomic E-state index is 12.4. The van der Waals surface area contributed by atoms with Gasteiger partial charge in [-0.15, -0.1) is 0 Å². The molecule has 2 amide bonds. The second kappa shape index (κ2) is 12.9. The molecule has 172 valence electrons. The molecule has 3 rings (SSSR count). The van der Waals surface area contributed by atoms with Gasteiger partial charge in [0, 0.05) is 36.7 Å².